The zero-order valence-corrected chi connectivity index (χ0v) is 8.73. The molecule has 1 aromatic rings. The molecule has 15 heavy (non-hydrogen) atoms. The molecule has 0 saturated carbocycles. The predicted molar refractivity (Wildman–Crippen MR) is 55.3 cm³/mol. The van der Waals surface area contributed by atoms with Crippen molar-refractivity contribution in [2.75, 3.05) is 7.11 Å². The monoisotopic (exact) mass is 210 g/mol. The van der Waals surface area contributed by atoms with E-state index in [1.54, 1.807) is 19.1 Å². The Bertz CT molecular complexity index is 360. The van der Waals surface area contributed by atoms with Crippen LogP contribution in [-0.2, 0) is 4.79 Å². The fourth-order valence-corrected chi connectivity index (χ4v) is 1.44. The minimum Gasteiger partial charge on any atom is -0.508 e. The van der Waals surface area contributed by atoms with Gasteiger partial charge in [0.15, 0.2) is 0 Å². The lowest BCUT2D eigenvalue weighted by Crippen LogP contribution is -2.03. The van der Waals surface area contributed by atoms with Crippen LogP contribution in [0.5, 0.6) is 11.5 Å². The molecule has 1 aromatic carbocycles. The Morgan fingerprint density at radius 2 is 2.20 bits per heavy atom. The Kier molecular flexibility index (Phi) is 3.55. The van der Waals surface area contributed by atoms with E-state index in [9.17, 15) is 9.90 Å². The first-order valence-electron chi connectivity index (χ1n) is 4.63. The number of methoxy groups -OCH3 is 1. The molecule has 0 bridgehead atoms. The number of rotatable bonds is 4. The summed E-state index contributed by atoms with van der Waals surface area (Å²) in [6.45, 7) is 1.76. The molecule has 0 saturated heterocycles. The van der Waals surface area contributed by atoms with Crippen LogP contribution < -0.4 is 4.74 Å². The second-order valence-corrected chi connectivity index (χ2v) is 3.42. The van der Waals surface area contributed by atoms with Gasteiger partial charge in [-0.05, 0) is 17.5 Å². The number of carboxylic acid groups (broad SMARTS) is 1. The lowest BCUT2D eigenvalue weighted by Gasteiger charge is -2.12. The Morgan fingerprint density at radius 1 is 1.53 bits per heavy atom. The van der Waals surface area contributed by atoms with Crippen molar-refractivity contribution in [3.63, 3.8) is 0 Å². The van der Waals surface area contributed by atoms with Crippen LogP contribution in [0.2, 0.25) is 0 Å². The van der Waals surface area contributed by atoms with Gasteiger partial charge in [0, 0.05) is 6.07 Å². The molecule has 1 atom stereocenters. The van der Waals surface area contributed by atoms with E-state index in [1.165, 1.54) is 13.2 Å². The van der Waals surface area contributed by atoms with Gasteiger partial charge in [-0.2, -0.15) is 0 Å². The van der Waals surface area contributed by atoms with Gasteiger partial charge in [0.2, 0.25) is 0 Å². The number of ether oxygens (including phenoxy) is 1. The molecule has 1 unspecified atom stereocenters. The molecular formula is C11H14O4. The fraction of sp³-hybridized carbons (Fsp3) is 0.364. The summed E-state index contributed by atoms with van der Waals surface area (Å²) in [6, 6.07) is 4.86. The van der Waals surface area contributed by atoms with Crippen LogP contribution >= 0.6 is 0 Å². The summed E-state index contributed by atoms with van der Waals surface area (Å²) in [6.07, 6.45) is -0.000110. The van der Waals surface area contributed by atoms with Gasteiger partial charge in [-0.25, -0.2) is 0 Å². The highest BCUT2D eigenvalue weighted by atomic mass is 16.5. The quantitative estimate of drug-likeness (QED) is 0.797. The number of hydrogen-bond acceptors (Lipinski definition) is 3. The Balaban J connectivity index is 2.90. The molecule has 0 amide bonds. The maximum absolute atomic E-state index is 10.5. The zero-order valence-electron chi connectivity index (χ0n) is 8.73. The van der Waals surface area contributed by atoms with Gasteiger partial charge in [0.05, 0.1) is 13.5 Å². The Labute approximate surface area is 88.1 Å². The number of carbonyl (C=O) groups is 1. The summed E-state index contributed by atoms with van der Waals surface area (Å²) < 4.78 is 4.93. The fourth-order valence-electron chi connectivity index (χ4n) is 1.44. The van der Waals surface area contributed by atoms with E-state index in [-0.39, 0.29) is 18.1 Å². The van der Waals surface area contributed by atoms with E-state index in [0.717, 1.165) is 0 Å². The zero-order chi connectivity index (χ0) is 11.4. The Hall–Kier alpha value is -1.71. The van der Waals surface area contributed by atoms with Crippen molar-refractivity contribution < 1.29 is 19.7 Å². The molecule has 0 fully saturated rings. The molecule has 82 valence electrons. The van der Waals surface area contributed by atoms with Crippen LogP contribution in [-0.4, -0.2) is 23.3 Å². The van der Waals surface area contributed by atoms with Crippen molar-refractivity contribution in [2.45, 2.75) is 19.3 Å². The number of phenols is 1. The largest absolute Gasteiger partial charge is 0.508 e. The predicted octanol–water partition coefficient (Wildman–Crippen LogP) is 1.98. The highest BCUT2D eigenvalue weighted by Crippen LogP contribution is 2.31. The van der Waals surface area contributed by atoms with Crippen LogP contribution in [0.15, 0.2) is 18.2 Å². The molecule has 0 radical (unpaired) electrons. The number of benzene rings is 1. The SMILES string of the molecule is COc1ccc(C(C)CC(=O)O)c(O)c1. The van der Waals surface area contributed by atoms with Crippen molar-refractivity contribution in [3.8, 4) is 11.5 Å². The lowest BCUT2D eigenvalue weighted by atomic mass is 9.97. The first kappa shape index (κ1) is 11.4. The van der Waals surface area contributed by atoms with Crippen LogP contribution in [0.1, 0.15) is 24.8 Å². The first-order chi connectivity index (χ1) is 7.04. The van der Waals surface area contributed by atoms with Crippen LogP contribution in [0.25, 0.3) is 0 Å². The maximum atomic E-state index is 10.5. The first-order valence-corrected chi connectivity index (χ1v) is 4.63. The summed E-state index contributed by atoms with van der Waals surface area (Å²) in [5.74, 6) is -0.465. The molecule has 2 N–H and O–H groups in total. The lowest BCUT2D eigenvalue weighted by molar-refractivity contribution is -0.137. The summed E-state index contributed by atoms with van der Waals surface area (Å²) in [5.41, 5.74) is 0.623. The van der Waals surface area contributed by atoms with Crippen molar-refractivity contribution in [1.29, 1.82) is 0 Å². The van der Waals surface area contributed by atoms with Gasteiger partial charge in [-0.15, -0.1) is 0 Å². The summed E-state index contributed by atoms with van der Waals surface area (Å²) >= 11 is 0. The van der Waals surface area contributed by atoms with E-state index in [0.29, 0.717) is 11.3 Å². The minimum absolute atomic E-state index is 0.000110. The molecule has 0 aliphatic rings. The van der Waals surface area contributed by atoms with Gasteiger partial charge in [0.25, 0.3) is 0 Å². The normalized spacial score (nSPS) is 12.1. The highest BCUT2D eigenvalue weighted by Gasteiger charge is 2.14. The second kappa shape index (κ2) is 4.68. The summed E-state index contributed by atoms with van der Waals surface area (Å²) in [5, 5.41) is 18.3. The second-order valence-electron chi connectivity index (χ2n) is 3.42. The van der Waals surface area contributed by atoms with Gasteiger partial charge in [0.1, 0.15) is 11.5 Å². The van der Waals surface area contributed by atoms with Gasteiger partial charge in [-0.3, -0.25) is 4.79 Å². The average molecular weight is 210 g/mol. The summed E-state index contributed by atoms with van der Waals surface area (Å²) in [7, 11) is 1.51. The Morgan fingerprint density at radius 3 is 2.67 bits per heavy atom. The van der Waals surface area contributed by atoms with Crippen molar-refractivity contribution in [1.82, 2.24) is 0 Å². The van der Waals surface area contributed by atoms with Gasteiger partial charge >= 0.3 is 5.97 Å². The smallest absolute Gasteiger partial charge is 0.303 e. The molecule has 0 spiro atoms. The molecule has 0 aliphatic heterocycles. The van der Waals surface area contributed by atoms with Gasteiger partial charge < -0.3 is 14.9 Å². The molecular weight excluding hydrogens is 196 g/mol. The van der Waals surface area contributed by atoms with E-state index < -0.39 is 5.97 Å². The molecule has 4 heteroatoms. The third-order valence-electron chi connectivity index (χ3n) is 2.25. The third kappa shape index (κ3) is 2.87. The van der Waals surface area contributed by atoms with Crippen molar-refractivity contribution in [2.24, 2.45) is 0 Å². The standard InChI is InChI=1S/C11H14O4/c1-7(5-11(13)14)9-4-3-8(15-2)6-10(9)12/h3-4,6-7,12H,5H2,1-2H3,(H,13,14). The van der Waals surface area contributed by atoms with Crippen molar-refractivity contribution in [3.05, 3.63) is 23.8 Å². The van der Waals surface area contributed by atoms with Gasteiger partial charge in [-0.1, -0.05) is 13.0 Å². The van der Waals surface area contributed by atoms with Crippen LogP contribution in [0.3, 0.4) is 0 Å². The van der Waals surface area contributed by atoms with E-state index in [4.69, 9.17) is 9.84 Å². The molecule has 0 aliphatic carbocycles. The maximum Gasteiger partial charge on any atom is 0.303 e. The molecule has 0 heterocycles. The third-order valence-corrected chi connectivity index (χ3v) is 2.25. The topological polar surface area (TPSA) is 66.8 Å². The van der Waals surface area contributed by atoms with E-state index in [1.807, 2.05) is 0 Å². The molecule has 1 rings (SSSR count). The number of phenolic OH excluding ortho intramolecular Hbond substituents is 1. The minimum atomic E-state index is -0.877. The number of carboxylic acids is 1. The molecule has 4 nitrogen and oxygen atoms in total. The number of aromatic hydroxyl groups is 1. The van der Waals surface area contributed by atoms with Crippen LogP contribution in [0.4, 0.5) is 0 Å². The molecule has 0 aromatic heterocycles. The number of aliphatic carboxylic acids is 1. The average Bonchev–Trinajstić information content (AvgIpc) is 2.16. The summed E-state index contributed by atoms with van der Waals surface area (Å²) in [4.78, 5) is 10.5. The highest BCUT2D eigenvalue weighted by molar-refractivity contribution is 5.68. The van der Waals surface area contributed by atoms with Crippen LogP contribution in [0, 0.1) is 0 Å². The van der Waals surface area contributed by atoms with Crippen molar-refractivity contribution >= 4 is 5.97 Å². The van der Waals surface area contributed by atoms with E-state index in [2.05, 4.69) is 0 Å². The van der Waals surface area contributed by atoms with E-state index >= 15 is 0 Å². The number of hydrogen-bond donors (Lipinski definition) is 2.